The summed E-state index contributed by atoms with van der Waals surface area (Å²) in [5.74, 6) is 2.25. The molecule has 0 atom stereocenters. The van der Waals surface area contributed by atoms with Gasteiger partial charge < -0.3 is 14.4 Å². The van der Waals surface area contributed by atoms with Crippen LogP contribution in [0.1, 0.15) is 23.2 Å². The Morgan fingerprint density at radius 3 is 2.70 bits per heavy atom. The molecule has 4 nitrogen and oxygen atoms in total. The number of carbonyl (C=O) groups excluding carboxylic acids is 1. The third-order valence-electron chi connectivity index (χ3n) is 4.45. The van der Waals surface area contributed by atoms with Gasteiger partial charge in [0.1, 0.15) is 5.75 Å². The van der Waals surface area contributed by atoms with Gasteiger partial charge in [0, 0.05) is 31.9 Å². The van der Waals surface area contributed by atoms with Gasteiger partial charge in [-0.15, -0.1) is 0 Å². The van der Waals surface area contributed by atoms with Crippen molar-refractivity contribution >= 4 is 5.91 Å². The molecule has 0 aromatic heterocycles. The number of carbonyl (C=O) groups is 1. The van der Waals surface area contributed by atoms with E-state index in [1.165, 1.54) is 0 Å². The zero-order valence-corrected chi connectivity index (χ0v) is 11.9. The summed E-state index contributed by atoms with van der Waals surface area (Å²) in [4.78, 5) is 14.3. The van der Waals surface area contributed by atoms with Crippen LogP contribution in [0.4, 0.5) is 0 Å². The third-order valence-corrected chi connectivity index (χ3v) is 4.45. The van der Waals surface area contributed by atoms with Gasteiger partial charge >= 0.3 is 0 Å². The summed E-state index contributed by atoms with van der Waals surface area (Å²) < 4.78 is 10.6. The first-order valence-electron chi connectivity index (χ1n) is 7.29. The standard InChI is InChI=1S/C16H21NO3/c1-19-15-4-2-3-13(9-15)16(18)17-10-14(11-17)12-5-7-20-8-6-12/h2-4,9,12,14H,5-8,10-11H2,1H3. The summed E-state index contributed by atoms with van der Waals surface area (Å²) in [7, 11) is 1.62. The molecule has 2 saturated heterocycles. The highest BCUT2D eigenvalue weighted by Gasteiger charge is 2.36. The molecular formula is C16H21NO3. The first-order chi connectivity index (χ1) is 9.78. The van der Waals surface area contributed by atoms with Crippen molar-refractivity contribution < 1.29 is 14.3 Å². The van der Waals surface area contributed by atoms with Gasteiger partial charge in [-0.1, -0.05) is 6.07 Å². The number of methoxy groups -OCH3 is 1. The zero-order valence-electron chi connectivity index (χ0n) is 11.9. The Balaban J connectivity index is 1.57. The van der Waals surface area contributed by atoms with Gasteiger partial charge in [0.05, 0.1) is 7.11 Å². The van der Waals surface area contributed by atoms with E-state index in [1.807, 2.05) is 29.2 Å². The molecule has 2 aliphatic rings. The summed E-state index contributed by atoms with van der Waals surface area (Å²) >= 11 is 0. The Morgan fingerprint density at radius 1 is 1.25 bits per heavy atom. The van der Waals surface area contributed by atoms with E-state index in [-0.39, 0.29) is 5.91 Å². The van der Waals surface area contributed by atoms with E-state index in [4.69, 9.17) is 9.47 Å². The predicted octanol–water partition coefficient (Wildman–Crippen LogP) is 2.19. The van der Waals surface area contributed by atoms with Crippen molar-refractivity contribution in [2.24, 2.45) is 11.8 Å². The lowest BCUT2D eigenvalue weighted by molar-refractivity contribution is -0.00264. The maximum Gasteiger partial charge on any atom is 0.254 e. The second kappa shape index (κ2) is 5.83. The number of hydrogen-bond acceptors (Lipinski definition) is 3. The number of benzene rings is 1. The average Bonchev–Trinajstić information content (AvgIpc) is 2.47. The van der Waals surface area contributed by atoms with Crippen LogP contribution in [0.3, 0.4) is 0 Å². The molecule has 0 bridgehead atoms. The van der Waals surface area contributed by atoms with Gasteiger partial charge in [0.2, 0.25) is 0 Å². The lowest BCUT2D eigenvalue weighted by Gasteiger charge is -2.44. The molecule has 1 aromatic carbocycles. The fourth-order valence-electron chi connectivity index (χ4n) is 3.10. The molecule has 2 aliphatic heterocycles. The fourth-order valence-corrected chi connectivity index (χ4v) is 3.10. The SMILES string of the molecule is COc1cccc(C(=O)N2CC(C3CCOCC3)C2)c1. The maximum atomic E-state index is 12.4. The summed E-state index contributed by atoms with van der Waals surface area (Å²) in [6.07, 6.45) is 2.29. The summed E-state index contributed by atoms with van der Waals surface area (Å²) in [5, 5.41) is 0. The highest BCUT2D eigenvalue weighted by Crippen LogP contribution is 2.32. The van der Waals surface area contributed by atoms with E-state index in [0.717, 1.165) is 56.4 Å². The molecule has 3 rings (SSSR count). The molecule has 0 N–H and O–H groups in total. The predicted molar refractivity (Wildman–Crippen MR) is 75.9 cm³/mol. The third kappa shape index (κ3) is 2.66. The number of hydrogen-bond donors (Lipinski definition) is 0. The Kier molecular flexibility index (Phi) is 3.92. The minimum absolute atomic E-state index is 0.118. The van der Waals surface area contributed by atoms with Crippen LogP contribution < -0.4 is 4.74 Å². The number of nitrogens with zero attached hydrogens (tertiary/aromatic N) is 1. The quantitative estimate of drug-likeness (QED) is 0.849. The normalized spacial score (nSPS) is 20.6. The van der Waals surface area contributed by atoms with E-state index in [1.54, 1.807) is 7.11 Å². The van der Waals surface area contributed by atoms with Crippen molar-refractivity contribution in [2.45, 2.75) is 12.8 Å². The minimum Gasteiger partial charge on any atom is -0.497 e. The van der Waals surface area contributed by atoms with E-state index >= 15 is 0 Å². The van der Waals surface area contributed by atoms with Crippen LogP contribution in [0.2, 0.25) is 0 Å². The molecule has 20 heavy (non-hydrogen) atoms. The second-order valence-corrected chi connectivity index (χ2v) is 5.65. The number of ether oxygens (including phenoxy) is 2. The maximum absolute atomic E-state index is 12.4. The second-order valence-electron chi connectivity index (χ2n) is 5.65. The van der Waals surface area contributed by atoms with Crippen LogP contribution in [0.15, 0.2) is 24.3 Å². The Bertz CT molecular complexity index is 476. The topological polar surface area (TPSA) is 38.8 Å². The monoisotopic (exact) mass is 275 g/mol. The molecule has 4 heteroatoms. The smallest absolute Gasteiger partial charge is 0.254 e. The highest BCUT2D eigenvalue weighted by molar-refractivity contribution is 5.95. The van der Waals surface area contributed by atoms with Crippen molar-refractivity contribution in [1.29, 1.82) is 0 Å². The lowest BCUT2D eigenvalue weighted by atomic mass is 9.80. The zero-order chi connectivity index (χ0) is 13.9. The molecule has 2 heterocycles. The summed E-state index contributed by atoms with van der Waals surface area (Å²) in [6.45, 7) is 3.54. The molecule has 1 amide bonds. The largest absolute Gasteiger partial charge is 0.497 e. The van der Waals surface area contributed by atoms with E-state index in [2.05, 4.69) is 0 Å². The van der Waals surface area contributed by atoms with E-state index in [0.29, 0.717) is 5.92 Å². The number of likely N-dealkylation sites (tertiary alicyclic amines) is 1. The van der Waals surface area contributed by atoms with Gasteiger partial charge in [-0.05, 0) is 42.9 Å². The van der Waals surface area contributed by atoms with Crippen molar-refractivity contribution in [1.82, 2.24) is 4.90 Å². The molecular weight excluding hydrogens is 254 g/mol. The fraction of sp³-hybridized carbons (Fsp3) is 0.562. The van der Waals surface area contributed by atoms with Crippen LogP contribution in [-0.2, 0) is 4.74 Å². The van der Waals surface area contributed by atoms with Crippen molar-refractivity contribution in [3.8, 4) is 5.75 Å². The summed E-state index contributed by atoms with van der Waals surface area (Å²) in [5.41, 5.74) is 0.717. The number of rotatable bonds is 3. The molecule has 0 unspecified atom stereocenters. The Hall–Kier alpha value is -1.55. The van der Waals surface area contributed by atoms with Crippen LogP contribution in [0, 0.1) is 11.8 Å². The minimum atomic E-state index is 0.118. The first-order valence-corrected chi connectivity index (χ1v) is 7.29. The Morgan fingerprint density at radius 2 is 2.00 bits per heavy atom. The molecule has 2 fully saturated rings. The molecule has 0 aliphatic carbocycles. The molecule has 0 radical (unpaired) electrons. The van der Waals surface area contributed by atoms with Gasteiger partial charge in [0.25, 0.3) is 5.91 Å². The van der Waals surface area contributed by atoms with Gasteiger partial charge in [-0.25, -0.2) is 0 Å². The van der Waals surface area contributed by atoms with Gasteiger partial charge in [0.15, 0.2) is 0 Å². The average molecular weight is 275 g/mol. The van der Waals surface area contributed by atoms with Crippen molar-refractivity contribution in [3.63, 3.8) is 0 Å². The first kappa shape index (κ1) is 13.4. The van der Waals surface area contributed by atoms with Gasteiger partial charge in [-0.2, -0.15) is 0 Å². The van der Waals surface area contributed by atoms with Crippen LogP contribution in [0.5, 0.6) is 5.75 Å². The lowest BCUT2D eigenvalue weighted by Crippen LogP contribution is -2.53. The summed E-state index contributed by atoms with van der Waals surface area (Å²) in [6, 6.07) is 7.39. The Labute approximate surface area is 119 Å². The molecule has 108 valence electrons. The van der Waals surface area contributed by atoms with Crippen LogP contribution >= 0.6 is 0 Å². The molecule has 1 aromatic rings. The van der Waals surface area contributed by atoms with E-state index < -0.39 is 0 Å². The molecule has 0 saturated carbocycles. The van der Waals surface area contributed by atoms with Gasteiger partial charge in [-0.3, -0.25) is 4.79 Å². The highest BCUT2D eigenvalue weighted by atomic mass is 16.5. The van der Waals surface area contributed by atoms with Crippen LogP contribution in [0.25, 0.3) is 0 Å². The van der Waals surface area contributed by atoms with Crippen LogP contribution in [-0.4, -0.2) is 44.2 Å². The molecule has 0 spiro atoms. The van der Waals surface area contributed by atoms with Crippen molar-refractivity contribution in [3.05, 3.63) is 29.8 Å². The number of amides is 1. The van der Waals surface area contributed by atoms with Crippen molar-refractivity contribution in [2.75, 3.05) is 33.4 Å². The van der Waals surface area contributed by atoms with E-state index in [9.17, 15) is 4.79 Å².